The van der Waals surface area contributed by atoms with Gasteiger partial charge in [-0.2, -0.15) is 0 Å². The van der Waals surface area contributed by atoms with E-state index in [1.165, 1.54) is 19.3 Å². The van der Waals surface area contributed by atoms with Crippen LogP contribution in [0.3, 0.4) is 0 Å². The molecule has 84 valence electrons. The van der Waals surface area contributed by atoms with Crippen LogP contribution in [0, 0.1) is 11.3 Å². The molecule has 14 heavy (non-hydrogen) atoms. The van der Waals surface area contributed by atoms with Crippen LogP contribution in [0.2, 0.25) is 0 Å². The van der Waals surface area contributed by atoms with Crippen molar-refractivity contribution in [2.75, 3.05) is 6.54 Å². The first-order valence-corrected chi connectivity index (χ1v) is 5.88. The number of rotatable bonds is 3. The standard InChI is InChI=1S/C12H26N2/c1-9-5-6-10(7-9)14-8-11(13)12(2,3)4/h9-11,14H,5-8,13H2,1-4H3. The van der Waals surface area contributed by atoms with Crippen molar-refractivity contribution in [3.05, 3.63) is 0 Å². The molecule has 2 heteroatoms. The summed E-state index contributed by atoms with van der Waals surface area (Å²) in [4.78, 5) is 0. The second-order valence-corrected chi connectivity index (χ2v) is 6.00. The van der Waals surface area contributed by atoms with E-state index in [0.29, 0.717) is 0 Å². The van der Waals surface area contributed by atoms with E-state index in [-0.39, 0.29) is 11.5 Å². The molecule has 0 aromatic heterocycles. The molecule has 1 aliphatic rings. The third kappa shape index (κ3) is 3.58. The second-order valence-electron chi connectivity index (χ2n) is 6.00. The van der Waals surface area contributed by atoms with E-state index < -0.39 is 0 Å². The van der Waals surface area contributed by atoms with Crippen molar-refractivity contribution in [2.24, 2.45) is 17.1 Å². The molecule has 3 N–H and O–H groups in total. The van der Waals surface area contributed by atoms with E-state index in [4.69, 9.17) is 5.73 Å². The van der Waals surface area contributed by atoms with Gasteiger partial charge in [-0.25, -0.2) is 0 Å². The van der Waals surface area contributed by atoms with Crippen LogP contribution in [-0.2, 0) is 0 Å². The summed E-state index contributed by atoms with van der Waals surface area (Å²) >= 11 is 0. The summed E-state index contributed by atoms with van der Waals surface area (Å²) in [6.07, 6.45) is 4.04. The van der Waals surface area contributed by atoms with Crippen molar-refractivity contribution in [1.82, 2.24) is 5.32 Å². The SMILES string of the molecule is CC1CCC(NCC(N)C(C)(C)C)C1. The van der Waals surface area contributed by atoms with Gasteiger partial charge in [-0.15, -0.1) is 0 Å². The molecule has 1 fully saturated rings. The fourth-order valence-corrected chi connectivity index (χ4v) is 1.99. The van der Waals surface area contributed by atoms with Crippen molar-refractivity contribution in [2.45, 2.75) is 59.0 Å². The molecule has 0 radical (unpaired) electrons. The fraction of sp³-hybridized carbons (Fsp3) is 1.00. The van der Waals surface area contributed by atoms with E-state index in [0.717, 1.165) is 18.5 Å². The highest BCUT2D eigenvalue weighted by Crippen LogP contribution is 2.25. The predicted molar refractivity (Wildman–Crippen MR) is 62.2 cm³/mol. The monoisotopic (exact) mass is 198 g/mol. The van der Waals surface area contributed by atoms with Gasteiger partial charge in [0.05, 0.1) is 0 Å². The van der Waals surface area contributed by atoms with Gasteiger partial charge in [0, 0.05) is 18.6 Å². The Morgan fingerprint density at radius 2 is 2.00 bits per heavy atom. The minimum atomic E-state index is 0.219. The van der Waals surface area contributed by atoms with Gasteiger partial charge in [-0.3, -0.25) is 0 Å². The Labute approximate surface area is 88.6 Å². The van der Waals surface area contributed by atoms with Gasteiger partial charge in [0.2, 0.25) is 0 Å². The van der Waals surface area contributed by atoms with Gasteiger partial charge in [0.1, 0.15) is 0 Å². The van der Waals surface area contributed by atoms with Crippen LogP contribution >= 0.6 is 0 Å². The van der Waals surface area contributed by atoms with Gasteiger partial charge in [0.25, 0.3) is 0 Å². The molecule has 1 aliphatic carbocycles. The van der Waals surface area contributed by atoms with Gasteiger partial charge in [-0.1, -0.05) is 27.7 Å². The largest absolute Gasteiger partial charge is 0.326 e. The highest BCUT2D eigenvalue weighted by Gasteiger charge is 2.24. The van der Waals surface area contributed by atoms with E-state index >= 15 is 0 Å². The molecule has 0 spiro atoms. The Morgan fingerprint density at radius 1 is 1.36 bits per heavy atom. The molecule has 1 saturated carbocycles. The maximum Gasteiger partial charge on any atom is 0.0214 e. The fourth-order valence-electron chi connectivity index (χ4n) is 1.99. The summed E-state index contributed by atoms with van der Waals surface area (Å²) in [5, 5.41) is 3.59. The third-order valence-corrected chi connectivity index (χ3v) is 3.43. The minimum absolute atomic E-state index is 0.219. The van der Waals surface area contributed by atoms with Crippen molar-refractivity contribution < 1.29 is 0 Å². The van der Waals surface area contributed by atoms with Gasteiger partial charge < -0.3 is 11.1 Å². The summed E-state index contributed by atoms with van der Waals surface area (Å²) < 4.78 is 0. The lowest BCUT2D eigenvalue weighted by Crippen LogP contribution is -2.45. The molecule has 0 aromatic carbocycles. The third-order valence-electron chi connectivity index (χ3n) is 3.43. The van der Waals surface area contributed by atoms with Crippen molar-refractivity contribution in [3.8, 4) is 0 Å². The number of nitrogens with two attached hydrogens (primary N) is 1. The van der Waals surface area contributed by atoms with E-state index in [2.05, 4.69) is 33.0 Å². The first kappa shape index (κ1) is 12.0. The quantitative estimate of drug-likeness (QED) is 0.729. The average molecular weight is 198 g/mol. The molecule has 0 heterocycles. The van der Waals surface area contributed by atoms with E-state index in [1.54, 1.807) is 0 Å². The maximum absolute atomic E-state index is 6.10. The minimum Gasteiger partial charge on any atom is -0.326 e. The first-order chi connectivity index (χ1) is 6.39. The predicted octanol–water partition coefficient (Wildman–Crippen LogP) is 2.14. The molecule has 0 aromatic rings. The summed E-state index contributed by atoms with van der Waals surface area (Å²) in [5.41, 5.74) is 6.32. The molecule has 0 aliphatic heterocycles. The summed E-state index contributed by atoms with van der Waals surface area (Å²) in [7, 11) is 0. The molecule has 0 bridgehead atoms. The van der Waals surface area contributed by atoms with Crippen LogP contribution in [0.15, 0.2) is 0 Å². The summed E-state index contributed by atoms with van der Waals surface area (Å²) in [5.74, 6) is 0.901. The van der Waals surface area contributed by atoms with Gasteiger partial charge >= 0.3 is 0 Å². The van der Waals surface area contributed by atoms with Gasteiger partial charge in [0.15, 0.2) is 0 Å². The zero-order valence-electron chi connectivity index (χ0n) is 10.1. The van der Waals surface area contributed by atoms with Crippen LogP contribution in [0.4, 0.5) is 0 Å². The molecular weight excluding hydrogens is 172 g/mol. The van der Waals surface area contributed by atoms with E-state index in [1.807, 2.05) is 0 Å². The second kappa shape index (κ2) is 4.63. The first-order valence-electron chi connectivity index (χ1n) is 5.88. The van der Waals surface area contributed by atoms with Crippen LogP contribution in [-0.4, -0.2) is 18.6 Å². The van der Waals surface area contributed by atoms with Crippen LogP contribution < -0.4 is 11.1 Å². The number of nitrogens with one attached hydrogen (secondary N) is 1. The molecule has 0 saturated heterocycles. The normalized spacial score (nSPS) is 30.6. The van der Waals surface area contributed by atoms with Crippen LogP contribution in [0.1, 0.15) is 47.0 Å². The topological polar surface area (TPSA) is 38.0 Å². The summed E-state index contributed by atoms with van der Waals surface area (Å²) in [6, 6.07) is 0.983. The van der Waals surface area contributed by atoms with Crippen molar-refractivity contribution in [1.29, 1.82) is 0 Å². The molecule has 3 unspecified atom stereocenters. The van der Waals surface area contributed by atoms with E-state index in [9.17, 15) is 0 Å². The lowest BCUT2D eigenvalue weighted by molar-refractivity contribution is 0.299. The van der Waals surface area contributed by atoms with Crippen LogP contribution in [0.25, 0.3) is 0 Å². The number of hydrogen-bond donors (Lipinski definition) is 2. The zero-order chi connectivity index (χ0) is 10.8. The highest BCUT2D eigenvalue weighted by atomic mass is 14.9. The molecular formula is C12H26N2. The maximum atomic E-state index is 6.10. The lowest BCUT2D eigenvalue weighted by atomic mass is 9.87. The molecule has 2 nitrogen and oxygen atoms in total. The average Bonchev–Trinajstić information content (AvgIpc) is 2.45. The van der Waals surface area contributed by atoms with Gasteiger partial charge in [-0.05, 0) is 30.6 Å². The van der Waals surface area contributed by atoms with Crippen molar-refractivity contribution in [3.63, 3.8) is 0 Å². The summed E-state index contributed by atoms with van der Waals surface area (Å²) in [6.45, 7) is 9.91. The molecule has 3 atom stereocenters. The Bertz CT molecular complexity index is 172. The molecule has 1 rings (SSSR count). The highest BCUT2D eigenvalue weighted by molar-refractivity contribution is 4.83. The zero-order valence-corrected chi connectivity index (χ0v) is 10.1. The lowest BCUT2D eigenvalue weighted by Gasteiger charge is -2.28. The Morgan fingerprint density at radius 3 is 2.43 bits per heavy atom. The Kier molecular flexibility index (Phi) is 3.96. The molecule has 0 amide bonds. The Hall–Kier alpha value is -0.0800. The Balaban J connectivity index is 2.21. The smallest absolute Gasteiger partial charge is 0.0214 e. The van der Waals surface area contributed by atoms with Crippen LogP contribution in [0.5, 0.6) is 0 Å². The number of hydrogen-bond acceptors (Lipinski definition) is 2. The van der Waals surface area contributed by atoms with Crippen molar-refractivity contribution >= 4 is 0 Å².